The molecule has 1 aliphatic carbocycles. The second-order valence-corrected chi connectivity index (χ2v) is 7.91. The van der Waals surface area contributed by atoms with Gasteiger partial charge in [-0.25, -0.2) is 9.36 Å². The Bertz CT molecular complexity index is 1650. The fourth-order valence-electron chi connectivity index (χ4n) is 3.85. The Morgan fingerprint density at radius 2 is 1.47 bits per heavy atom. The molecule has 1 aromatic heterocycles. The zero-order chi connectivity index (χ0) is 24.0. The summed E-state index contributed by atoms with van der Waals surface area (Å²) >= 11 is 5.88. The number of ketones is 2. The maximum atomic E-state index is 13.1. The lowest BCUT2D eigenvalue weighted by molar-refractivity contribution is 0.0979. The summed E-state index contributed by atoms with van der Waals surface area (Å²) in [4.78, 5) is 57.2. The van der Waals surface area contributed by atoms with E-state index in [0.29, 0.717) is 10.6 Å². The topological polar surface area (TPSA) is 122 Å². The Morgan fingerprint density at radius 3 is 2.18 bits per heavy atom. The van der Waals surface area contributed by atoms with E-state index in [9.17, 15) is 24.3 Å². The summed E-state index contributed by atoms with van der Waals surface area (Å²) in [7, 11) is 0. The van der Waals surface area contributed by atoms with E-state index in [1.165, 1.54) is 36.4 Å². The van der Waals surface area contributed by atoms with E-state index < -0.39 is 17.1 Å². The largest absolute Gasteiger partial charge is 0.493 e. The number of nitrogens with zero attached hydrogens (tertiary/aromatic N) is 2. The first-order valence-electron chi connectivity index (χ1n) is 10.1. The SMILES string of the molecule is O=C1c2ccccc2C(=O)c2c(N=Cc3c(O)n(-c4ccc(Cl)cc4)c(=O)[nH]c3=O)cccc21. The van der Waals surface area contributed by atoms with Crippen LogP contribution in [0.2, 0.25) is 5.02 Å². The summed E-state index contributed by atoms with van der Waals surface area (Å²) in [5.74, 6) is -1.32. The van der Waals surface area contributed by atoms with Crippen molar-refractivity contribution >= 4 is 35.1 Å². The summed E-state index contributed by atoms with van der Waals surface area (Å²) < 4.78 is 0.893. The minimum absolute atomic E-state index is 0.101. The lowest BCUT2D eigenvalue weighted by Gasteiger charge is -2.18. The minimum Gasteiger partial charge on any atom is -0.493 e. The predicted molar refractivity (Wildman–Crippen MR) is 126 cm³/mol. The van der Waals surface area contributed by atoms with Crippen LogP contribution in [0.3, 0.4) is 0 Å². The van der Waals surface area contributed by atoms with Crippen LogP contribution in [0, 0.1) is 0 Å². The Labute approximate surface area is 196 Å². The van der Waals surface area contributed by atoms with E-state index in [0.717, 1.165) is 10.8 Å². The van der Waals surface area contributed by atoms with Gasteiger partial charge in [0.1, 0.15) is 5.56 Å². The molecule has 34 heavy (non-hydrogen) atoms. The highest BCUT2D eigenvalue weighted by molar-refractivity contribution is 6.30. The molecule has 0 saturated carbocycles. The molecular formula is C25H14ClN3O5. The quantitative estimate of drug-likeness (QED) is 0.390. The van der Waals surface area contributed by atoms with Gasteiger partial charge in [-0.3, -0.25) is 24.4 Å². The molecule has 1 aliphatic rings. The number of carbonyl (C=O) groups is 2. The molecular weight excluding hydrogens is 458 g/mol. The van der Waals surface area contributed by atoms with Crippen molar-refractivity contribution in [3.8, 4) is 11.6 Å². The molecule has 0 saturated heterocycles. The molecule has 1 heterocycles. The number of H-pyrrole nitrogens is 1. The molecule has 0 spiro atoms. The average Bonchev–Trinajstić information content (AvgIpc) is 2.83. The maximum absolute atomic E-state index is 13.1. The number of hydrogen-bond acceptors (Lipinski definition) is 6. The van der Waals surface area contributed by atoms with Gasteiger partial charge < -0.3 is 5.11 Å². The summed E-state index contributed by atoms with van der Waals surface area (Å²) in [5.41, 5.74) is -0.731. The van der Waals surface area contributed by atoms with Crippen molar-refractivity contribution in [3.63, 3.8) is 0 Å². The number of aliphatic imine (C=N–C) groups is 1. The Balaban J connectivity index is 1.63. The summed E-state index contributed by atoms with van der Waals surface area (Å²) in [5, 5.41) is 11.1. The molecule has 9 heteroatoms. The van der Waals surface area contributed by atoms with Crippen molar-refractivity contribution in [2.75, 3.05) is 0 Å². The second kappa shape index (κ2) is 8.09. The van der Waals surface area contributed by atoms with Crippen LogP contribution in [-0.2, 0) is 0 Å². The number of aromatic nitrogens is 2. The molecule has 0 bridgehead atoms. The third-order valence-corrected chi connectivity index (χ3v) is 5.72. The van der Waals surface area contributed by atoms with Crippen molar-refractivity contribution in [2.45, 2.75) is 0 Å². The van der Waals surface area contributed by atoms with Gasteiger partial charge in [-0.05, 0) is 30.3 Å². The van der Waals surface area contributed by atoms with Crippen LogP contribution >= 0.6 is 11.6 Å². The minimum atomic E-state index is -0.867. The van der Waals surface area contributed by atoms with Gasteiger partial charge in [0.2, 0.25) is 5.88 Å². The van der Waals surface area contributed by atoms with Crippen molar-refractivity contribution in [2.24, 2.45) is 4.99 Å². The molecule has 0 aliphatic heterocycles. The zero-order valence-corrected chi connectivity index (χ0v) is 18.0. The van der Waals surface area contributed by atoms with Gasteiger partial charge in [0.05, 0.1) is 16.9 Å². The number of nitrogens with one attached hydrogen (secondary N) is 1. The van der Waals surface area contributed by atoms with Crippen LogP contribution in [-0.4, -0.2) is 32.4 Å². The van der Waals surface area contributed by atoms with Crippen LogP contribution in [0.25, 0.3) is 5.69 Å². The Hall–Kier alpha value is -4.56. The molecule has 0 amide bonds. The predicted octanol–water partition coefficient (Wildman–Crippen LogP) is 3.41. The standard InChI is InChI=1S/C25H14ClN3O5/c26-13-8-10-14(11-9-13)29-24(33)18(23(32)28-25(29)34)12-27-19-7-3-6-17-20(19)22(31)16-5-2-1-4-15(16)21(17)30/h1-12,33H,(H,28,32,34). The molecule has 0 atom stereocenters. The van der Waals surface area contributed by atoms with Gasteiger partial charge in [-0.15, -0.1) is 0 Å². The van der Waals surface area contributed by atoms with Crippen LogP contribution in [0.1, 0.15) is 37.4 Å². The summed E-state index contributed by atoms with van der Waals surface area (Å²) in [6.07, 6.45) is 1.05. The number of halogens is 1. The summed E-state index contributed by atoms with van der Waals surface area (Å²) in [6.45, 7) is 0. The number of fused-ring (bicyclic) bond motifs is 2. The van der Waals surface area contributed by atoms with Gasteiger partial charge in [-0.1, -0.05) is 48.0 Å². The number of aromatic amines is 1. The third kappa shape index (κ3) is 3.37. The number of benzene rings is 3. The molecule has 4 aromatic rings. The van der Waals surface area contributed by atoms with Crippen LogP contribution in [0.15, 0.2) is 81.3 Å². The molecule has 0 unspecified atom stereocenters. The van der Waals surface area contributed by atoms with Gasteiger partial charge >= 0.3 is 5.69 Å². The first-order chi connectivity index (χ1) is 16.4. The lowest BCUT2D eigenvalue weighted by Crippen LogP contribution is -2.31. The summed E-state index contributed by atoms with van der Waals surface area (Å²) in [6, 6.07) is 17.2. The van der Waals surface area contributed by atoms with Crippen molar-refractivity contribution in [1.82, 2.24) is 9.55 Å². The first-order valence-corrected chi connectivity index (χ1v) is 10.4. The zero-order valence-electron chi connectivity index (χ0n) is 17.3. The monoisotopic (exact) mass is 471 g/mol. The van der Waals surface area contributed by atoms with Crippen LogP contribution in [0.5, 0.6) is 5.88 Å². The number of carbonyl (C=O) groups excluding carboxylic acids is 2. The van der Waals surface area contributed by atoms with Crippen molar-refractivity contribution in [3.05, 3.63) is 120 Å². The normalized spacial score (nSPS) is 12.6. The molecule has 0 radical (unpaired) electrons. The first kappa shape index (κ1) is 21.3. The fourth-order valence-corrected chi connectivity index (χ4v) is 3.98. The molecule has 0 fully saturated rings. The number of hydrogen-bond donors (Lipinski definition) is 2. The fraction of sp³-hybridized carbons (Fsp3) is 0. The molecule has 5 rings (SSSR count). The van der Waals surface area contributed by atoms with Gasteiger partial charge in [-0.2, -0.15) is 0 Å². The highest BCUT2D eigenvalue weighted by Gasteiger charge is 2.31. The van der Waals surface area contributed by atoms with E-state index in [-0.39, 0.29) is 45.2 Å². The molecule has 8 nitrogen and oxygen atoms in total. The maximum Gasteiger partial charge on any atom is 0.335 e. The highest BCUT2D eigenvalue weighted by Crippen LogP contribution is 2.33. The third-order valence-electron chi connectivity index (χ3n) is 5.47. The van der Waals surface area contributed by atoms with Crippen molar-refractivity contribution in [1.29, 1.82) is 0 Å². The van der Waals surface area contributed by atoms with E-state index in [1.54, 1.807) is 30.3 Å². The Kier molecular flexibility index (Phi) is 5.07. The number of rotatable bonds is 3. The van der Waals surface area contributed by atoms with E-state index in [4.69, 9.17) is 11.6 Å². The average molecular weight is 472 g/mol. The number of aromatic hydroxyl groups is 1. The highest BCUT2D eigenvalue weighted by atomic mass is 35.5. The van der Waals surface area contributed by atoms with Crippen LogP contribution < -0.4 is 11.2 Å². The van der Waals surface area contributed by atoms with E-state index >= 15 is 0 Å². The van der Waals surface area contributed by atoms with Gasteiger partial charge in [0.15, 0.2) is 11.6 Å². The van der Waals surface area contributed by atoms with E-state index in [1.807, 2.05) is 0 Å². The van der Waals surface area contributed by atoms with Crippen LogP contribution in [0.4, 0.5) is 5.69 Å². The lowest BCUT2D eigenvalue weighted by atomic mass is 9.83. The molecule has 2 N–H and O–H groups in total. The van der Waals surface area contributed by atoms with E-state index in [2.05, 4.69) is 9.98 Å². The molecule has 166 valence electrons. The molecule has 3 aromatic carbocycles. The van der Waals surface area contributed by atoms with Gasteiger partial charge in [0.25, 0.3) is 5.56 Å². The Morgan fingerprint density at radius 1 is 0.824 bits per heavy atom. The van der Waals surface area contributed by atoms with Gasteiger partial charge in [0, 0.05) is 27.9 Å². The second-order valence-electron chi connectivity index (χ2n) is 7.47. The smallest absolute Gasteiger partial charge is 0.335 e. The van der Waals surface area contributed by atoms with Crippen molar-refractivity contribution < 1.29 is 14.7 Å².